The van der Waals surface area contributed by atoms with Crippen LogP contribution in [0.4, 0.5) is 0 Å². The number of rotatable bonds is 11. The van der Waals surface area contributed by atoms with E-state index in [1.807, 2.05) is 0 Å². The molecule has 0 unspecified atom stereocenters. The van der Waals surface area contributed by atoms with Crippen molar-refractivity contribution in [1.82, 2.24) is 0 Å². The number of aliphatic carboxylic acids is 1. The van der Waals surface area contributed by atoms with E-state index in [-0.39, 0.29) is 30.5 Å². The van der Waals surface area contributed by atoms with Gasteiger partial charge in [0, 0.05) is 24.7 Å². The smallest absolute Gasteiger partial charge is 0.303 e. The predicted octanol–water partition coefficient (Wildman–Crippen LogP) is 2.69. The minimum atomic E-state index is -0.825. The van der Waals surface area contributed by atoms with Crippen LogP contribution < -0.4 is 0 Å². The maximum absolute atomic E-state index is 12.0. The Balaban J connectivity index is 2.48. The third-order valence-corrected chi connectivity index (χ3v) is 4.55. The fourth-order valence-corrected chi connectivity index (χ4v) is 3.19. The Kier molecular flexibility index (Phi) is 9.10. The average Bonchev–Trinajstić information content (AvgIpc) is 2.75. The third kappa shape index (κ3) is 7.27. The Morgan fingerprint density at radius 2 is 2.04 bits per heavy atom. The van der Waals surface area contributed by atoms with E-state index >= 15 is 0 Å². The highest BCUT2D eigenvalue weighted by Crippen LogP contribution is 2.34. The number of carboxylic acid groups (broad SMARTS) is 1. The zero-order valence-electron chi connectivity index (χ0n) is 14.0. The lowest BCUT2D eigenvalue weighted by atomic mass is 9.88. The number of ketones is 1. The molecule has 0 aromatic carbocycles. The molecule has 0 bridgehead atoms. The van der Waals surface area contributed by atoms with Gasteiger partial charge in [0.1, 0.15) is 5.78 Å². The van der Waals surface area contributed by atoms with Crippen LogP contribution in [0.5, 0.6) is 0 Å². The van der Waals surface area contributed by atoms with Crippen molar-refractivity contribution in [2.75, 3.05) is 0 Å². The van der Waals surface area contributed by atoms with Crippen molar-refractivity contribution in [2.45, 2.75) is 76.9 Å². The second-order valence-electron chi connectivity index (χ2n) is 6.51. The van der Waals surface area contributed by atoms with Crippen LogP contribution in [-0.2, 0) is 9.59 Å². The standard InChI is InChI=1S/C18H30O5/c1-2-3-4-7-13(19)10-11-15-14(16(20)12-17(15)21)8-5-6-9-18(22)23/h10-11,13-15,17,19,21H,2-9,12H2,1H3,(H,22,23)/b11-10+/t13-,14+,15-,17-/m0/s1. The first-order chi connectivity index (χ1) is 11.0. The molecule has 0 spiro atoms. The first-order valence-corrected chi connectivity index (χ1v) is 8.74. The van der Waals surface area contributed by atoms with Crippen molar-refractivity contribution < 1.29 is 24.9 Å². The number of carbonyl (C=O) groups is 2. The summed E-state index contributed by atoms with van der Waals surface area (Å²) in [5.41, 5.74) is 0. The van der Waals surface area contributed by atoms with Gasteiger partial charge in [0.25, 0.3) is 0 Å². The number of unbranched alkanes of at least 4 members (excludes halogenated alkanes) is 3. The first kappa shape index (κ1) is 19.8. The fourth-order valence-electron chi connectivity index (χ4n) is 3.19. The lowest BCUT2D eigenvalue weighted by Gasteiger charge is -2.18. The summed E-state index contributed by atoms with van der Waals surface area (Å²) in [4.78, 5) is 22.5. The molecule has 23 heavy (non-hydrogen) atoms. The largest absolute Gasteiger partial charge is 0.481 e. The van der Waals surface area contributed by atoms with Crippen molar-refractivity contribution >= 4 is 11.8 Å². The van der Waals surface area contributed by atoms with Gasteiger partial charge in [0.05, 0.1) is 12.2 Å². The van der Waals surface area contributed by atoms with Crippen LogP contribution in [0.1, 0.15) is 64.7 Å². The SMILES string of the molecule is CCCCC[C@H](O)/C=C/[C@@H]1[C@@H](O)CC(=O)[C@@H]1CCCCC(=O)O. The van der Waals surface area contributed by atoms with E-state index in [0.29, 0.717) is 25.7 Å². The topological polar surface area (TPSA) is 94.8 Å². The Labute approximate surface area is 138 Å². The molecular weight excluding hydrogens is 296 g/mol. The summed E-state index contributed by atoms with van der Waals surface area (Å²) in [5, 5.41) is 28.6. The average molecular weight is 326 g/mol. The highest BCUT2D eigenvalue weighted by Gasteiger charge is 2.39. The number of Topliss-reactive ketones (excluding diaryl/α,β-unsaturated/α-hetero) is 1. The van der Waals surface area contributed by atoms with Gasteiger partial charge in [0.15, 0.2) is 0 Å². The molecule has 5 heteroatoms. The van der Waals surface area contributed by atoms with Crippen molar-refractivity contribution in [3.8, 4) is 0 Å². The van der Waals surface area contributed by atoms with Gasteiger partial charge in [-0.2, -0.15) is 0 Å². The molecule has 1 saturated carbocycles. The van der Waals surface area contributed by atoms with Gasteiger partial charge in [-0.15, -0.1) is 0 Å². The molecule has 1 rings (SSSR count). The number of carbonyl (C=O) groups excluding carboxylic acids is 1. The van der Waals surface area contributed by atoms with Gasteiger partial charge in [-0.25, -0.2) is 0 Å². The van der Waals surface area contributed by atoms with E-state index in [2.05, 4.69) is 6.92 Å². The highest BCUT2D eigenvalue weighted by atomic mass is 16.4. The molecule has 0 aromatic rings. The van der Waals surface area contributed by atoms with Crippen LogP contribution in [0.15, 0.2) is 12.2 Å². The molecule has 0 aliphatic heterocycles. The van der Waals surface area contributed by atoms with Gasteiger partial charge in [-0.1, -0.05) is 44.8 Å². The second-order valence-corrected chi connectivity index (χ2v) is 6.51. The van der Waals surface area contributed by atoms with Gasteiger partial charge in [-0.05, 0) is 19.3 Å². The van der Waals surface area contributed by atoms with Gasteiger partial charge in [-0.3, -0.25) is 9.59 Å². The van der Waals surface area contributed by atoms with E-state index in [4.69, 9.17) is 5.11 Å². The van der Waals surface area contributed by atoms with Crippen LogP contribution in [-0.4, -0.2) is 39.3 Å². The van der Waals surface area contributed by atoms with E-state index in [1.165, 1.54) is 0 Å². The molecule has 0 aromatic heterocycles. The zero-order valence-corrected chi connectivity index (χ0v) is 14.0. The van der Waals surface area contributed by atoms with Crippen molar-refractivity contribution in [3.05, 3.63) is 12.2 Å². The lowest BCUT2D eigenvalue weighted by molar-refractivity contribution is -0.137. The first-order valence-electron chi connectivity index (χ1n) is 8.74. The molecule has 4 atom stereocenters. The second kappa shape index (κ2) is 10.6. The fraction of sp³-hybridized carbons (Fsp3) is 0.778. The minimum absolute atomic E-state index is 0.0444. The molecule has 5 nitrogen and oxygen atoms in total. The third-order valence-electron chi connectivity index (χ3n) is 4.55. The molecule has 0 radical (unpaired) electrons. The highest BCUT2D eigenvalue weighted by molar-refractivity contribution is 5.84. The molecule has 132 valence electrons. The molecule has 1 aliphatic carbocycles. The van der Waals surface area contributed by atoms with Crippen LogP contribution in [0.2, 0.25) is 0 Å². The summed E-state index contributed by atoms with van der Waals surface area (Å²) in [6.45, 7) is 2.11. The van der Waals surface area contributed by atoms with E-state index < -0.39 is 18.2 Å². The van der Waals surface area contributed by atoms with Crippen LogP contribution in [0, 0.1) is 11.8 Å². The summed E-state index contributed by atoms with van der Waals surface area (Å²) >= 11 is 0. The molecule has 1 fully saturated rings. The minimum Gasteiger partial charge on any atom is -0.481 e. The Hall–Kier alpha value is -1.20. The maximum Gasteiger partial charge on any atom is 0.303 e. The molecule has 3 N–H and O–H groups in total. The van der Waals surface area contributed by atoms with E-state index in [1.54, 1.807) is 12.2 Å². The molecule has 0 heterocycles. The number of hydrogen-bond acceptors (Lipinski definition) is 4. The van der Waals surface area contributed by atoms with Crippen molar-refractivity contribution in [2.24, 2.45) is 11.8 Å². The van der Waals surface area contributed by atoms with Crippen LogP contribution >= 0.6 is 0 Å². The van der Waals surface area contributed by atoms with Gasteiger partial charge < -0.3 is 15.3 Å². The number of carboxylic acids is 1. The number of aliphatic hydroxyl groups excluding tert-OH is 2. The summed E-state index contributed by atoms with van der Waals surface area (Å²) < 4.78 is 0. The lowest BCUT2D eigenvalue weighted by Crippen LogP contribution is -2.19. The van der Waals surface area contributed by atoms with Crippen LogP contribution in [0.25, 0.3) is 0 Å². The van der Waals surface area contributed by atoms with Crippen LogP contribution in [0.3, 0.4) is 0 Å². The molecular formula is C18H30O5. The van der Waals surface area contributed by atoms with Gasteiger partial charge >= 0.3 is 5.97 Å². The summed E-state index contributed by atoms with van der Waals surface area (Å²) in [6, 6.07) is 0. The Morgan fingerprint density at radius 3 is 2.70 bits per heavy atom. The number of aliphatic hydroxyl groups is 2. The Morgan fingerprint density at radius 1 is 1.30 bits per heavy atom. The quantitative estimate of drug-likeness (QED) is 0.401. The summed E-state index contributed by atoms with van der Waals surface area (Å²) in [7, 11) is 0. The van der Waals surface area contributed by atoms with Gasteiger partial charge in [0.2, 0.25) is 0 Å². The zero-order chi connectivity index (χ0) is 17.2. The van der Waals surface area contributed by atoms with E-state index in [0.717, 1.165) is 19.3 Å². The number of hydrogen-bond donors (Lipinski definition) is 3. The summed E-state index contributed by atoms with van der Waals surface area (Å²) in [6.07, 6.45) is 8.20. The Bertz CT molecular complexity index is 404. The predicted molar refractivity (Wildman–Crippen MR) is 88.0 cm³/mol. The molecule has 0 saturated heterocycles. The normalized spacial score (nSPS) is 26.0. The van der Waals surface area contributed by atoms with Crippen molar-refractivity contribution in [1.29, 1.82) is 0 Å². The van der Waals surface area contributed by atoms with Crippen molar-refractivity contribution in [3.63, 3.8) is 0 Å². The molecule has 1 aliphatic rings. The maximum atomic E-state index is 12.0. The monoisotopic (exact) mass is 326 g/mol. The van der Waals surface area contributed by atoms with E-state index in [9.17, 15) is 19.8 Å². The summed E-state index contributed by atoms with van der Waals surface area (Å²) in [5.74, 6) is -1.29. The molecule has 0 amide bonds.